The van der Waals surface area contributed by atoms with E-state index >= 15 is 0 Å². The van der Waals surface area contributed by atoms with E-state index < -0.39 is 34.7 Å². The SMILES string of the molecule is O=S(=O)(F)CCC(F)(F)C(F)F. The van der Waals surface area contributed by atoms with E-state index in [1.54, 1.807) is 0 Å². The van der Waals surface area contributed by atoms with Gasteiger partial charge >= 0.3 is 22.6 Å². The smallest absolute Gasteiger partial charge is 0.204 e. The molecule has 0 unspecified atom stereocenters. The molecule has 0 amide bonds. The van der Waals surface area contributed by atoms with Gasteiger partial charge in [-0.05, 0) is 0 Å². The Hall–Kier alpha value is -0.400. The number of alkyl halides is 4. The first kappa shape index (κ1) is 11.6. The molecule has 0 atom stereocenters. The Morgan fingerprint density at radius 1 is 1.25 bits per heavy atom. The number of hydrogen-bond acceptors (Lipinski definition) is 2. The fourth-order valence-electron chi connectivity index (χ4n) is 0.367. The number of rotatable bonds is 4. The second-order valence-electron chi connectivity index (χ2n) is 2.05. The van der Waals surface area contributed by atoms with Crippen LogP contribution in [0.2, 0.25) is 0 Å². The molecule has 0 aliphatic heterocycles. The van der Waals surface area contributed by atoms with Crippen molar-refractivity contribution in [3.05, 3.63) is 0 Å². The van der Waals surface area contributed by atoms with Gasteiger partial charge < -0.3 is 0 Å². The molecule has 0 aromatic heterocycles. The minimum absolute atomic E-state index is 1.59. The van der Waals surface area contributed by atoms with Crippen molar-refractivity contribution < 1.29 is 29.9 Å². The summed E-state index contributed by atoms with van der Waals surface area (Å²) in [7, 11) is -5.10. The number of halogens is 5. The molecule has 0 radical (unpaired) electrons. The van der Waals surface area contributed by atoms with E-state index in [1.165, 1.54) is 0 Å². The van der Waals surface area contributed by atoms with Crippen molar-refractivity contribution in [1.82, 2.24) is 0 Å². The Morgan fingerprint density at radius 2 is 1.67 bits per heavy atom. The van der Waals surface area contributed by atoms with Crippen LogP contribution in [0.1, 0.15) is 6.42 Å². The van der Waals surface area contributed by atoms with Crippen molar-refractivity contribution in [1.29, 1.82) is 0 Å². The van der Waals surface area contributed by atoms with Gasteiger partial charge in [0.25, 0.3) is 0 Å². The highest BCUT2D eigenvalue weighted by atomic mass is 32.3. The van der Waals surface area contributed by atoms with E-state index in [1.807, 2.05) is 0 Å². The molecular formula is C4H5F5O2S. The first-order chi connectivity index (χ1) is 5.15. The van der Waals surface area contributed by atoms with E-state index in [4.69, 9.17) is 0 Å². The van der Waals surface area contributed by atoms with Gasteiger partial charge in [-0.25, -0.2) is 17.6 Å². The average Bonchev–Trinajstić information content (AvgIpc) is 1.82. The fraction of sp³-hybridized carbons (Fsp3) is 1.00. The van der Waals surface area contributed by atoms with E-state index in [9.17, 15) is 29.9 Å². The summed E-state index contributed by atoms with van der Waals surface area (Å²) in [6.45, 7) is 0. The normalized spacial score (nSPS) is 13.8. The van der Waals surface area contributed by atoms with Crippen molar-refractivity contribution in [3.8, 4) is 0 Å². The molecule has 0 aromatic carbocycles. The molecule has 0 fully saturated rings. The second-order valence-corrected chi connectivity index (χ2v) is 3.54. The van der Waals surface area contributed by atoms with Crippen LogP contribution in [-0.4, -0.2) is 26.5 Å². The fourth-order valence-corrected chi connectivity index (χ4v) is 0.883. The quantitative estimate of drug-likeness (QED) is 0.523. The molecule has 0 rings (SSSR count). The van der Waals surface area contributed by atoms with Crippen LogP contribution in [-0.2, 0) is 10.2 Å². The molecular weight excluding hydrogens is 207 g/mol. The Morgan fingerprint density at radius 3 is 1.92 bits per heavy atom. The molecule has 0 bridgehead atoms. The van der Waals surface area contributed by atoms with Crippen LogP contribution < -0.4 is 0 Å². The standard InChI is InChI=1S/C4H5F5O2S/c5-3(6)4(7,8)1-2-12(9,10)11/h3H,1-2H2. The van der Waals surface area contributed by atoms with Crippen LogP contribution in [0.15, 0.2) is 0 Å². The van der Waals surface area contributed by atoms with Gasteiger partial charge in [0.1, 0.15) is 0 Å². The lowest BCUT2D eigenvalue weighted by atomic mass is 10.3. The third kappa shape index (κ3) is 4.47. The molecule has 0 N–H and O–H groups in total. The highest BCUT2D eigenvalue weighted by Crippen LogP contribution is 2.27. The summed E-state index contributed by atoms with van der Waals surface area (Å²) < 4.78 is 77.3. The summed E-state index contributed by atoms with van der Waals surface area (Å²) in [5.41, 5.74) is 0. The lowest BCUT2D eigenvalue weighted by Gasteiger charge is -2.12. The van der Waals surface area contributed by atoms with Crippen LogP contribution in [0.25, 0.3) is 0 Å². The summed E-state index contributed by atoms with van der Waals surface area (Å²) in [6, 6.07) is 0. The summed E-state index contributed by atoms with van der Waals surface area (Å²) >= 11 is 0. The van der Waals surface area contributed by atoms with Gasteiger partial charge in [-0.2, -0.15) is 8.42 Å². The lowest BCUT2D eigenvalue weighted by Crippen LogP contribution is -2.28. The first-order valence-electron chi connectivity index (χ1n) is 2.73. The molecule has 0 aliphatic rings. The van der Waals surface area contributed by atoms with Gasteiger partial charge in [0.15, 0.2) is 0 Å². The van der Waals surface area contributed by atoms with Crippen molar-refractivity contribution in [2.75, 3.05) is 5.75 Å². The van der Waals surface area contributed by atoms with Crippen molar-refractivity contribution in [3.63, 3.8) is 0 Å². The van der Waals surface area contributed by atoms with Crippen LogP contribution in [0, 0.1) is 0 Å². The van der Waals surface area contributed by atoms with Crippen LogP contribution in [0.5, 0.6) is 0 Å². The molecule has 0 spiro atoms. The summed E-state index contributed by atoms with van der Waals surface area (Å²) in [4.78, 5) is 0. The Balaban J connectivity index is 4.10. The average molecular weight is 212 g/mol. The molecule has 8 heteroatoms. The topological polar surface area (TPSA) is 34.1 Å². The summed E-state index contributed by atoms with van der Waals surface area (Å²) in [6.07, 6.45) is -5.68. The minimum atomic E-state index is -5.10. The predicted octanol–water partition coefficient (Wildman–Crippen LogP) is 1.58. The van der Waals surface area contributed by atoms with Crippen molar-refractivity contribution >= 4 is 10.2 Å². The van der Waals surface area contributed by atoms with Crippen molar-refractivity contribution in [2.24, 2.45) is 0 Å². The maximum atomic E-state index is 11.9. The number of hydrogen-bond donors (Lipinski definition) is 0. The molecule has 0 heterocycles. The van der Waals surface area contributed by atoms with E-state index in [0.29, 0.717) is 0 Å². The predicted molar refractivity (Wildman–Crippen MR) is 30.5 cm³/mol. The monoisotopic (exact) mass is 212 g/mol. The van der Waals surface area contributed by atoms with Gasteiger partial charge in [0.05, 0.1) is 5.75 Å². The van der Waals surface area contributed by atoms with Crippen LogP contribution in [0.3, 0.4) is 0 Å². The molecule has 0 saturated carbocycles. The molecule has 2 nitrogen and oxygen atoms in total. The Labute approximate surface area is 65.6 Å². The zero-order valence-corrected chi connectivity index (χ0v) is 6.42. The van der Waals surface area contributed by atoms with E-state index in [2.05, 4.69) is 0 Å². The summed E-state index contributed by atoms with van der Waals surface area (Å²) in [5.74, 6) is -6.04. The maximum absolute atomic E-state index is 11.9. The van der Waals surface area contributed by atoms with E-state index in [-0.39, 0.29) is 0 Å². The molecule has 0 aliphatic carbocycles. The van der Waals surface area contributed by atoms with E-state index in [0.717, 1.165) is 0 Å². The van der Waals surface area contributed by atoms with Gasteiger partial charge in [-0.3, -0.25) is 0 Å². The van der Waals surface area contributed by atoms with Gasteiger partial charge in [-0.15, -0.1) is 3.89 Å². The van der Waals surface area contributed by atoms with Crippen LogP contribution in [0.4, 0.5) is 21.4 Å². The van der Waals surface area contributed by atoms with Crippen LogP contribution >= 0.6 is 0 Å². The molecule has 0 aromatic rings. The summed E-state index contributed by atoms with van der Waals surface area (Å²) in [5, 5.41) is 0. The van der Waals surface area contributed by atoms with Gasteiger partial charge in [0.2, 0.25) is 0 Å². The highest BCUT2D eigenvalue weighted by molar-refractivity contribution is 7.86. The maximum Gasteiger partial charge on any atom is 0.308 e. The first-order valence-corrected chi connectivity index (χ1v) is 4.29. The molecule has 12 heavy (non-hydrogen) atoms. The molecule has 74 valence electrons. The zero-order valence-electron chi connectivity index (χ0n) is 5.61. The highest BCUT2D eigenvalue weighted by Gasteiger charge is 2.41. The second kappa shape index (κ2) is 3.55. The lowest BCUT2D eigenvalue weighted by molar-refractivity contribution is -0.129. The Kier molecular flexibility index (Phi) is 3.43. The third-order valence-corrected chi connectivity index (χ3v) is 1.69. The Bertz CT molecular complexity index is 234. The van der Waals surface area contributed by atoms with Gasteiger partial charge in [0, 0.05) is 6.42 Å². The zero-order chi connectivity index (χ0) is 9.99. The van der Waals surface area contributed by atoms with Crippen molar-refractivity contribution in [2.45, 2.75) is 18.8 Å². The largest absolute Gasteiger partial charge is 0.308 e. The van der Waals surface area contributed by atoms with Gasteiger partial charge in [-0.1, -0.05) is 0 Å². The molecule has 0 saturated heterocycles. The minimum Gasteiger partial charge on any atom is -0.204 e. The third-order valence-electron chi connectivity index (χ3n) is 0.998.